The van der Waals surface area contributed by atoms with Gasteiger partial charge in [0.25, 0.3) is 5.91 Å². The molecule has 1 heterocycles. The largest absolute Gasteiger partial charge is 0.507 e. The number of hydrogen-bond donors (Lipinski definition) is 1. The Morgan fingerprint density at radius 1 is 0.854 bits per heavy atom. The van der Waals surface area contributed by atoms with Crippen LogP contribution in [-0.2, 0) is 22.4 Å². The van der Waals surface area contributed by atoms with Crippen LogP contribution in [-0.4, -0.2) is 29.5 Å². The minimum atomic E-state index is -0.524. The summed E-state index contributed by atoms with van der Waals surface area (Å²) in [5.41, 5.74) is 5.89. The van der Waals surface area contributed by atoms with Crippen molar-refractivity contribution in [3.8, 4) is 17.2 Å². The third-order valence-electron chi connectivity index (χ3n) is 6.96. The zero-order valence-electron chi connectivity index (χ0n) is 25.0. The highest BCUT2D eigenvalue weighted by Gasteiger charge is 2.29. The summed E-state index contributed by atoms with van der Waals surface area (Å²) in [4.78, 5) is 39.0. The number of benzene rings is 2. The van der Waals surface area contributed by atoms with Gasteiger partial charge in [-0.25, -0.2) is 0 Å². The summed E-state index contributed by atoms with van der Waals surface area (Å²) in [5, 5.41) is 10.9. The molecule has 1 amide bonds. The van der Waals surface area contributed by atoms with Crippen molar-refractivity contribution in [2.45, 2.75) is 80.1 Å². The lowest BCUT2D eigenvalue weighted by atomic mass is 9.93. The summed E-state index contributed by atoms with van der Waals surface area (Å²) < 4.78 is 10.7. The molecule has 218 valence electrons. The van der Waals surface area contributed by atoms with E-state index < -0.39 is 11.9 Å². The molecule has 0 saturated carbocycles. The second-order valence-corrected chi connectivity index (χ2v) is 10.8. The van der Waals surface area contributed by atoms with E-state index in [-0.39, 0.29) is 24.0 Å². The average molecular weight is 560 g/mol. The SMILES string of the molecule is CC(=O)Oc1cc(O)c2c(c1)N(C/C=C(\C)CC/C=C(\C)CCC=C(C)C)C(=O)c1cccc(OC(C)=O)c1CC2. The van der Waals surface area contributed by atoms with E-state index in [2.05, 4.69) is 32.9 Å². The van der Waals surface area contributed by atoms with E-state index >= 15 is 0 Å². The number of phenols is 1. The Labute approximate surface area is 243 Å². The van der Waals surface area contributed by atoms with E-state index in [4.69, 9.17) is 9.47 Å². The second-order valence-electron chi connectivity index (χ2n) is 10.8. The molecule has 7 nitrogen and oxygen atoms in total. The Balaban J connectivity index is 1.94. The molecule has 0 fully saturated rings. The second kappa shape index (κ2) is 14.5. The van der Waals surface area contributed by atoms with Crippen LogP contribution in [0, 0.1) is 0 Å². The van der Waals surface area contributed by atoms with Crippen LogP contribution in [0.5, 0.6) is 17.2 Å². The Bertz CT molecular complexity index is 1390. The summed E-state index contributed by atoms with van der Waals surface area (Å²) in [6.07, 6.45) is 11.1. The van der Waals surface area contributed by atoms with Crippen molar-refractivity contribution >= 4 is 23.5 Å². The van der Waals surface area contributed by atoms with Gasteiger partial charge in [0.15, 0.2) is 0 Å². The van der Waals surface area contributed by atoms with Crippen molar-refractivity contribution in [3.63, 3.8) is 0 Å². The number of carbonyl (C=O) groups is 3. The van der Waals surface area contributed by atoms with Crippen molar-refractivity contribution in [3.05, 3.63) is 82.0 Å². The number of phenolic OH excluding ortho intramolecular Hbond substituents is 1. The molecule has 0 spiro atoms. The number of ether oxygens (including phenoxy) is 2. The Hall–Kier alpha value is -4.13. The lowest BCUT2D eigenvalue weighted by Crippen LogP contribution is -2.34. The Morgan fingerprint density at radius 3 is 2.15 bits per heavy atom. The van der Waals surface area contributed by atoms with E-state index in [1.807, 2.05) is 13.0 Å². The van der Waals surface area contributed by atoms with Gasteiger partial charge in [0.2, 0.25) is 0 Å². The molecule has 3 rings (SSSR count). The lowest BCUT2D eigenvalue weighted by molar-refractivity contribution is -0.132. The first-order valence-electron chi connectivity index (χ1n) is 14.1. The van der Waals surface area contributed by atoms with Gasteiger partial charge in [-0.2, -0.15) is 0 Å². The molecule has 0 atom stereocenters. The summed E-state index contributed by atoms with van der Waals surface area (Å²) in [6, 6.07) is 8.09. The van der Waals surface area contributed by atoms with Gasteiger partial charge in [-0.15, -0.1) is 0 Å². The van der Waals surface area contributed by atoms with E-state index in [1.165, 1.54) is 31.1 Å². The standard InChI is InChI=1S/C34H41NO6/c1-22(2)10-7-11-23(3)12-8-13-24(4)18-19-35-31-20-27(40-25(5)36)21-32(38)30(31)17-16-28-29(34(35)39)14-9-15-33(28)41-26(6)37/h9-10,12,14-15,18,20-21,38H,7-8,11,13,16-17,19H2,1-6H3/b23-12+,24-18+. The molecule has 0 aromatic heterocycles. The van der Waals surface area contributed by atoms with Crippen LogP contribution in [0.25, 0.3) is 0 Å². The molecule has 1 aliphatic rings. The number of carbonyl (C=O) groups excluding carboxylic acids is 3. The Morgan fingerprint density at radius 2 is 1.49 bits per heavy atom. The zero-order chi connectivity index (χ0) is 30.1. The molecular formula is C34H41NO6. The highest BCUT2D eigenvalue weighted by atomic mass is 16.5. The molecule has 2 aromatic carbocycles. The fraction of sp³-hybridized carbons (Fsp3) is 0.382. The number of rotatable bonds is 10. The van der Waals surface area contributed by atoms with Crippen molar-refractivity contribution in [2.24, 2.45) is 0 Å². The van der Waals surface area contributed by atoms with Crippen molar-refractivity contribution in [1.82, 2.24) is 0 Å². The number of anilines is 1. The maximum atomic E-state index is 14.1. The maximum Gasteiger partial charge on any atom is 0.308 e. The highest BCUT2D eigenvalue weighted by molar-refractivity contribution is 6.08. The van der Waals surface area contributed by atoms with Crippen molar-refractivity contribution < 1.29 is 29.0 Å². The van der Waals surface area contributed by atoms with Crippen LogP contribution in [0.1, 0.15) is 88.7 Å². The smallest absolute Gasteiger partial charge is 0.308 e. The number of hydrogen-bond acceptors (Lipinski definition) is 6. The Kier molecular flexibility index (Phi) is 11.1. The number of allylic oxidation sites excluding steroid dienone is 5. The van der Waals surface area contributed by atoms with Gasteiger partial charge in [-0.05, 0) is 78.4 Å². The van der Waals surface area contributed by atoms with Gasteiger partial charge >= 0.3 is 11.9 Å². The van der Waals surface area contributed by atoms with Crippen molar-refractivity contribution in [2.75, 3.05) is 11.4 Å². The van der Waals surface area contributed by atoms with Crippen LogP contribution in [0.3, 0.4) is 0 Å². The first kappa shape index (κ1) is 31.4. The molecule has 7 heteroatoms. The van der Waals surface area contributed by atoms with Gasteiger partial charge in [-0.3, -0.25) is 14.4 Å². The van der Waals surface area contributed by atoms with E-state index in [0.29, 0.717) is 41.0 Å². The van der Waals surface area contributed by atoms with Gasteiger partial charge in [0, 0.05) is 49.2 Å². The minimum Gasteiger partial charge on any atom is -0.507 e. The minimum absolute atomic E-state index is 0.0700. The molecule has 1 N–H and O–H groups in total. The van der Waals surface area contributed by atoms with E-state index in [0.717, 1.165) is 31.3 Å². The highest BCUT2D eigenvalue weighted by Crippen LogP contribution is 2.39. The van der Waals surface area contributed by atoms with Crippen molar-refractivity contribution in [1.29, 1.82) is 0 Å². The topological polar surface area (TPSA) is 93.1 Å². The number of amides is 1. The van der Waals surface area contributed by atoms with Gasteiger partial charge in [-0.1, -0.05) is 41.0 Å². The zero-order valence-corrected chi connectivity index (χ0v) is 25.0. The molecule has 0 aliphatic carbocycles. The molecule has 0 saturated heterocycles. The average Bonchev–Trinajstić information content (AvgIpc) is 2.87. The first-order valence-corrected chi connectivity index (χ1v) is 14.1. The van der Waals surface area contributed by atoms with E-state index in [1.54, 1.807) is 29.2 Å². The molecular weight excluding hydrogens is 518 g/mol. The van der Waals surface area contributed by atoms with Crippen LogP contribution in [0.2, 0.25) is 0 Å². The molecule has 0 bridgehead atoms. The predicted octanol–water partition coefficient (Wildman–Crippen LogP) is 7.41. The van der Waals surface area contributed by atoms with Crippen LogP contribution in [0.15, 0.2) is 65.3 Å². The maximum absolute atomic E-state index is 14.1. The molecule has 2 aromatic rings. The predicted molar refractivity (Wildman–Crippen MR) is 162 cm³/mol. The summed E-state index contributed by atoms with van der Waals surface area (Å²) >= 11 is 0. The van der Waals surface area contributed by atoms with Gasteiger partial charge in [0.1, 0.15) is 17.2 Å². The lowest BCUT2D eigenvalue weighted by Gasteiger charge is -2.29. The summed E-state index contributed by atoms with van der Waals surface area (Å²) in [5.74, 6) is -0.868. The van der Waals surface area contributed by atoms with Gasteiger partial charge in [0.05, 0.1) is 5.69 Å². The number of esters is 2. The summed E-state index contributed by atoms with van der Waals surface area (Å²) in [6.45, 7) is 11.3. The number of fused-ring (bicyclic) bond motifs is 2. The third-order valence-corrected chi connectivity index (χ3v) is 6.96. The summed E-state index contributed by atoms with van der Waals surface area (Å²) in [7, 11) is 0. The fourth-order valence-corrected chi connectivity index (χ4v) is 4.88. The van der Waals surface area contributed by atoms with E-state index in [9.17, 15) is 19.5 Å². The molecule has 0 radical (unpaired) electrons. The van der Waals surface area contributed by atoms with Gasteiger partial charge < -0.3 is 19.5 Å². The first-order chi connectivity index (χ1) is 19.5. The molecule has 41 heavy (non-hydrogen) atoms. The molecule has 1 aliphatic heterocycles. The quantitative estimate of drug-likeness (QED) is 0.185. The molecule has 0 unspecified atom stereocenters. The number of nitrogens with zero attached hydrogens (tertiary/aromatic N) is 1. The number of aromatic hydroxyl groups is 1. The van der Waals surface area contributed by atoms with Crippen LogP contribution >= 0.6 is 0 Å². The monoisotopic (exact) mass is 559 g/mol. The van der Waals surface area contributed by atoms with Crippen LogP contribution < -0.4 is 14.4 Å². The van der Waals surface area contributed by atoms with Crippen LogP contribution in [0.4, 0.5) is 5.69 Å². The third kappa shape index (κ3) is 8.93. The fourth-order valence-electron chi connectivity index (χ4n) is 4.88. The normalized spacial score (nSPS) is 13.5.